The van der Waals surface area contributed by atoms with Crippen LogP contribution in [0.2, 0.25) is 0 Å². The molecule has 0 aliphatic carbocycles. The van der Waals surface area contributed by atoms with Crippen molar-refractivity contribution in [2.75, 3.05) is 20.2 Å². The van der Waals surface area contributed by atoms with E-state index in [2.05, 4.69) is 9.71 Å². The van der Waals surface area contributed by atoms with Crippen LogP contribution in [0.1, 0.15) is 23.6 Å². The number of aromatic nitrogens is 1. The van der Waals surface area contributed by atoms with E-state index in [1.165, 1.54) is 6.92 Å². The zero-order valence-electron chi connectivity index (χ0n) is 16.0. The monoisotopic (exact) mass is 391 g/mol. The molecule has 0 fully saturated rings. The van der Waals surface area contributed by atoms with Crippen molar-refractivity contribution in [3.63, 3.8) is 0 Å². The Labute approximate surface area is 160 Å². The predicted octanol–water partition coefficient (Wildman–Crippen LogP) is 2.03. The van der Waals surface area contributed by atoms with Crippen molar-refractivity contribution in [2.24, 2.45) is 0 Å². The molecule has 1 aromatic carbocycles. The molecule has 8 heteroatoms. The molecule has 0 spiro atoms. The molecule has 2 aromatic rings. The summed E-state index contributed by atoms with van der Waals surface area (Å²) in [6.07, 6.45) is 3.32. The number of methoxy groups -OCH3 is 1. The Balaban J connectivity index is 2.06. The van der Waals surface area contributed by atoms with Crippen LogP contribution in [0.15, 0.2) is 41.6 Å². The summed E-state index contributed by atoms with van der Waals surface area (Å²) in [6, 6.07) is 6.94. The fourth-order valence-corrected chi connectivity index (χ4v) is 4.05. The molecule has 2 rings (SSSR count). The topological polar surface area (TPSA) is 88.6 Å². The Morgan fingerprint density at radius 3 is 2.44 bits per heavy atom. The average Bonchev–Trinajstić information content (AvgIpc) is 2.63. The highest BCUT2D eigenvalue weighted by Crippen LogP contribution is 2.25. The number of carbonyl (C=O) groups excluding carboxylic acids is 1. The Bertz CT molecular complexity index is 899. The summed E-state index contributed by atoms with van der Waals surface area (Å²) in [5.74, 6) is 0.522. The lowest BCUT2D eigenvalue weighted by Crippen LogP contribution is -2.37. The lowest BCUT2D eigenvalue weighted by molar-refractivity contribution is -0.129. The number of benzene rings is 1. The van der Waals surface area contributed by atoms with Crippen LogP contribution in [0.25, 0.3) is 0 Å². The van der Waals surface area contributed by atoms with Gasteiger partial charge in [-0.05, 0) is 54.8 Å². The van der Waals surface area contributed by atoms with Crippen molar-refractivity contribution in [1.82, 2.24) is 14.6 Å². The molecule has 0 bridgehead atoms. The van der Waals surface area contributed by atoms with E-state index in [9.17, 15) is 13.2 Å². The fraction of sp³-hybridized carbons (Fsp3) is 0.368. The van der Waals surface area contributed by atoms with E-state index in [0.717, 1.165) is 11.1 Å². The summed E-state index contributed by atoms with van der Waals surface area (Å²) in [5.41, 5.74) is 2.28. The first-order chi connectivity index (χ1) is 12.7. The van der Waals surface area contributed by atoms with Gasteiger partial charge in [0, 0.05) is 39.0 Å². The Morgan fingerprint density at radius 2 is 1.85 bits per heavy atom. The second-order valence-electron chi connectivity index (χ2n) is 6.28. The molecule has 1 N–H and O–H groups in total. The maximum absolute atomic E-state index is 12.7. The van der Waals surface area contributed by atoms with Gasteiger partial charge in [0.15, 0.2) is 0 Å². The van der Waals surface area contributed by atoms with Gasteiger partial charge in [0.1, 0.15) is 5.75 Å². The van der Waals surface area contributed by atoms with E-state index in [1.807, 2.05) is 12.1 Å². The normalized spacial score (nSPS) is 11.3. The molecular formula is C19H25N3O4S. The van der Waals surface area contributed by atoms with Gasteiger partial charge in [-0.3, -0.25) is 9.78 Å². The highest BCUT2D eigenvalue weighted by molar-refractivity contribution is 7.89. The van der Waals surface area contributed by atoms with Crippen LogP contribution in [0.4, 0.5) is 0 Å². The molecule has 0 aliphatic heterocycles. The molecule has 0 saturated heterocycles. The molecule has 0 saturated carbocycles. The Kier molecular flexibility index (Phi) is 6.92. The first-order valence-corrected chi connectivity index (χ1v) is 10.0. The van der Waals surface area contributed by atoms with Gasteiger partial charge in [0.2, 0.25) is 15.9 Å². The predicted molar refractivity (Wildman–Crippen MR) is 103 cm³/mol. The minimum absolute atomic E-state index is 0.123. The van der Waals surface area contributed by atoms with Gasteiger partial charge in [-0.2, -0.15) is 0 Å². The number of nitrogens with zero attached hydrogens (tertiary/aromatic N) is 2. The first kappa shape index (κ1) is 20.9. The number of sulfonamides is 1. The molecule has 1 heterocycles. The van der Waals surface area contributed by atoms with Gasteiger partial charge in [0.25, 0.3) is 0 Å². The van der Waals surface area contributed by atoms with Crippen molar-refractivity contribution in [3.8, 4) is 5.75 Å². The van der Waals surface area contributed by atoms with E-state index in [4.69, 9.17) is 4.74 Å². The SMILES string of the molecule is COc1cc(C)c(S(=O)(=O)NCCN(Cc2ccncc2)C(C)=O)cc1C. The molecule has 7 nitrogen and oxygen atoms in total. The van der Waals surface area contributed by atoms with Gasteiger partial charge >= 0.3 is 0 Å². The van der Waals surface area contributed by atoms with Gasteiger partial charge in [0.05, 0.1) is 12.0 Å². The number of rotatable bonds is 8. The van der Waals surface area contributed by atoms with E-state index in [-0.39, 0.29) is 23.9 Å². The van der Waals surface area contributed by atoms with Crippen LogP contribution in [-0.4, -0.2) is 44.4 Å². The average molecular weight is 391 g/mol. The van der Waals surface area contributed by atoms with E-state index >= 15 is 0 Å². The highest BCUT2D eigenvalue weighted by atomic mass is 32.2. The van der Waals surface area contributed by atoms with Crippen LogP contribution in [0.3, 0.4) is 0 Å². The molecule has 0 radical (unpaired) electrons. The molecule has 27 heavy (non-hydrogen) atoms. The summed E-state index contributed by atoms with van der Waals surface area (Å²) >= 11 is 0. The van der Waals surface area contributed by atoms with Gasteiger partial charge in [-0.1, -0.05) is 0 Å². The molecule has 1 amide bonds. The smallest absolute Gasteiger partial charge is 0.240 e. The Hall–Kier alpha value is -2.45. The van der Waals surface area contributed by atoms with Gasteiger partial charge < -0.3 is 9.64 Å². The van der Waals surface area contributed by atoms with Crippen LogP contribution in [0, 0.1) is 13.8 Å². The van der Waals surface area contributed by atoms with Crippen molar-refractivity contribution in [1.29, 1.82) is 0 Å². The fourth-order valence-electron chi connectivity index (χ4n) is 2.72. The van der Waals surface area contributed by atoms with E-state index in [1.54, 1.807) is 50.4 Å². The number of aryl methyl sites for hydroxylation is 2. The largest absolute Gasteiger partial charge is 0.496 e. The number of pyridine rings is 1. The summed E-state index contributed by atoms with van der Waals surface area (Å²) in [6.45, 7) is 5.78. The summed E-state index contributed by atoms with van der Waals surface area (Å²) in [5, 5.41) is 0. The minimum Gasteiger partial charge on any atom is -0.496 e. The third kappa shape index (κ3) is 5.51. The van der Waals surface area contributed by atoms with Crippen molar-refractivity contribution >= 4 is 15.9 Å². The highest BCUT2D eigenvalue weighted by Gasteiger charge is 2.19. The van der Waals surface area contributed by atoms with E-state index in [0.29, 0.717) is 17.9 Å². The number of carbonyl (C=O) groups is 1. The molecule has 0 unspecified atom stereocenters. The number of ether oxygens (including phenoxy) is 1. The number of amides is 1. The third-order valence-corrected chi connectivity index (χ3v) is 5.83. The number of nitrogens with one attached hydrogen (secondary N) is 1. The number of hydrogen-bond donors (Lipinski definition) is 1. The van der Waals surface area contributed by atoms with Crippen molar-refractivity contribution < 1.29 is 17.9 Å². The van der Waals surface area contributed by atoms with Crippen LogP contribution < -0.4 is 9.46 Å². The summed E-state index contributed by atoms with van der Waals surface area (Å²) < 4.78 is 33.1. The van der Waals surface area contributed by atoms with Crippen LogP contribution in [0.5, 0.6) is 5.75 Å². The van der Waals surface area contributed by atoms with Gasteiger partial charge in [-0.25, -0.2) is 13.1 Å². The first-order valence-electron chi connectivity index (χ1n) is 8.54. The maximum atomic E-state index is 12.7. The number of hydrogen-bond acceptors (Lipinski definition) is 5. The second kappa shape index (κ2) is 8.96. The zero-order chi connectivity index (χ0) is 20.0. The van der Waals surface area contributed by atoms with Gasteiger partial charge in [-0.15, -0.1) is 0 Å². The van der Waals surface area contributed by atoms with Crippen LogP contribution >= 0.6 is 0 Å². The lowest BCUT2D eigenvalue weighted by Gasteiger charge is -2.21. The molecule has 0 atom stereocenters. The van der Waals surface area contributed by atoms with Crippen molar-refractivity contribution in [2.45, 2.75) is 32.2 Å². The van der Waals surface area contributed by atoms with Crippen molar-refractivity contribution in [3.05, 3.63) is 53.3 Å². The standard InChI is InChI=1S/C19H25N3O4S/c1-14-12-19(15(2)11-18(14)26-4)27(24,25)21-9-10-22(16(3)23)13-17-5-7-20-8-6-17/h5-8,11-12,21H,9-10,13H2,1-4H3. The summed E-state index contributed by atoms with van der Waals surface area (Å²) in [4.78, 5) is 17.6. The second-order valence-corrected chi connectivity index (χ2v) is 8.02. The third-order valence-electron chi connectivity index (χ3n) is 4.22. The molecule has 146 valence electrons. The lowest BCUT2D eigenvalue weighted by atomic mass is 10.1. The van der Waals surface area contributed by atoms with E-state index < -0.39 is 10.0 Å². The molecule has 0 aliphatic rings. The summed E-state index contributed by atoms with van der Waals surface area (Å²) in [7, 11) is -2.14. The zero-order valence-corrected chi connectivity index (χ0v) is 16.8. The maximum Gasteiger partial charge on any atom is 0.240 e. The molecule has 1 aromatic heterocycles. The van der Waals surface area contributed by atoms with Crippen LogP contribution in [-0.2, 0) is 21.4 Å². The molecular weight excluding hydrogens is 366 g/mol. The Morgan fingerprint density at radius 1 is 1.19 bits per heavy atom. The quantitative estimate of drug-likeness (QED) is 0.744. The minimum atomic E-state index is -3.69.